The summed E-state index contributed by atoms with van der Waals surface area (Å²) in [6.45, 7) is 0. The minimum absolute atomic E-state index is 0.318. The Morgan fingerprint density at radius 1 is 0.944 bits per heavy atom. The van der Waals surface area contributed by atoms with Gasteiger partial charge in [-0.25, -0.2) is 9.18 Å². The SMILES string of the molecule is O=C1Nc2ccccc2C(c2ccccc2F)N1. The van der Waals surface area contributed by atoms with E-state index < -0.39 is 6.04 Å². The molecule has 0 spiro atoms. The minimum atomic E-state index is -0.448. The summed E-state index contributed by atoms with van der Waals surface area (Å²) in [6.07, 6.45) is 0. The number of fused-ring (bicyclic) bond motifs is 1. The van der Waals surface area contributed by atoms with Crippen LogP contribution < -0.4 is 10.6 Å². The molecule has 0 aromatic heterocycles. The van der Waals surface area contributed by atoms with E-state index in [9.17, 15) is 9.18 Å². The fraction of sp³-hybridized carbons (Fsp3) is 0.0714. The van der Waals surface area contributed by atoms with E-state index in [1.807, 2.05) is 24.3 Å². The van der Waals surface area contributed by atoms with Crippen LogP contribution >= 0.6 is 0 Å². The molecule has 1 aliphatic heterocycles. The van der Waals surface area contributed by atoms with Crippen molar-refractivity contribution in [2.75, 3.05) is 5.32 Å². The van der Waals surface area contributed by atoms with Gasteiger partial charge >= 0.3 is 6.03 Å². The van der Waals surface area contributed by atoms with Crippen molar-refractivity contribution in [3.8, 4) is 0 Å². The van der Waals surface area contributed by atoms with Crippen LogP contribution in [0, 0.1) is 5.82 Å². The van der Waals surface area contributed by atoms with Crippen LogP contribution in [0.1, 0.15) is 17.2 Å². The van der Waals surface area contributed by atoms with Crippen molar-refractivity contribution < 1.29 is 9.18 Å². The van der Waals surface area contributed by atoms with Crippen molar-refractivity contribution in [2.45, 2.75) is 6.04 Å². The van der Waals surface area contributed by atoms with Gasteiger partial charge in [-0.2, -0.15) is 0 Å². The van der Waals surface area contributed by atoms with Gasteiger partial charge in [-0.1, -0.05) is 36.4 Å². The number of nitrogens with one attached hydrogen (secondary N) is 2. The Bertz CT molecular complexity index is 612. The van der Waals surface area contributed by atoms with Crippen LogP contribution in [0.5, 0.6) is 0 Å². The summed E-state index contributed by atoms with van der Waals surface area (Å²) in [5, 5.41) is 5.45. The molecule has 0 saturated carbocycles. The molecule has 18 heavy (non-hydrogen) atoms. The minimum Gasteiger partial charge on any atom is -0.327 e. The lowest BCUT2D eigenvalue weighted by atomic mass is 9.95. The predicted octanol–water partition coefficient (Wildman–Crippen LogP) is 3.05. The molecule has 2 amide bonds. The van der Waals surface area contributed by atoms with Crippen LogP contribution in [0.3, 0.4) is 0 Å². The first-order valence-electron chi connectivity index (χ1n) is 5.66. The highest BCUT2D eigenvalue weighted by atomic mass is 19.1. The predicted molar refractivity (Wildman–Crippen MR) is 66.8 cm³/mol. The number of para-hydroxylation sites is 1. The maximum absolute atomic E-state index is 13.8. The monoisotopic (exact) mass is 242 g/mol. The number of anilines is 1. The zero-order chi connectivity index (χ0) is 12.5. The zero-order valence-electron chi connectivity index (χ0n) is 9.48. The second kappa shape index (κ2) is 4.14. The smallest absolute Gasteiger partial charge is 0.320 e. The molecule has 0 aliphatic carbocycles. The first kappa shape index (κ1) is 10.8. The van der Waals surface area contributed by atoms with Gasteiger partial charge in [-0.05, 0) is 12.1 Å². The topological polar surface area (TPSA) is 41.1 Å². The summed E-state index contributed by atoms with van der Waals surface area (Å²) in [4.78, 5) is 11.6. The molecular formula is C14H11FN2O. The molecule has 0 bridgehead atoms. The molecule has 0 radical (unpaired) electrons. The van der Waals surface area contributed by atoms with Crippen LogP contribution in [0.25, 0.3) is 0 Å². The molecule has 3 nitrogen and oxygen atoms in total. The standard InChI is InChI=1S/C14H11FN2O/c15-11-7-3-1-5-9(11)13-10-6-2-4-8-12(10)16-14(18)17-13/h1-8,13H,(H2,16,17,18). The van der Waals surface area contributed by atoms with E-state index in [1.54, 1.807) is 18.2 Å². The summed E-state index contributed by atoms with van der Waals surface area (Å²) in [6, 6.07) is 13.1. The van der Waals surface area contributed by atoms with Crippen LogP contribution in [-0.2, 0) is 0 Å². The Morgan fingerprint density at radius 2 is 1.61 bits per heavy atom. The van der Waals surface area contributed by atoms with Gasteiger partial charge in [0.2, 0.25) is 0 Å². The first-order valence-corrected chi connectivity index (χ1v) is 5.66. The molecular weight excluding hydrogens is 231 g/mol. The third kappa shape index (κ3) is 1.72. The van der Waals surface area contributed by atoms with Crippen molar-refractivity contribution in [2.24, 2.45) is 0 Å². The second-order valence-corrected chi connectivity index (χ2v) is 4.14. The summed E-state index contributed by atoms with van der Waals surface area (Å²) in [7, 11) is 0. The molecule has 1 unspecified atom stereocenters. The van der Waals surface area contributed by atoms with Crippen molar-refractivity contribution in [3.05, 3.63) is 65.5 Å². The zero-order valence-corrected chi connectivity index (χ0v) is 9.48. The Balaban J connectivity index is 2.13. The molecule has 2 aromatic carbocycles. The van der Waals surface area contributed by atoms with Crippen LogP contribution in [0.15, 0.2) is 48.5 Å². The highest BCUT2D eigenvalue weighted by molar-refractivity contribution is 5.93. The first-order chi connectivity index (χ1) is 8.75. The van der Waals surface area contributed by atoms with Gasteiger partial charge in [0.05, 0.1) is 6.04 Å². The number of rotatable bonds is 1. The molecule has 2 aromatic rings. The number of urea groups is 1. The number of carbonyl (C=O) groups excluding carboxylic acids is 1. The summed E-state index contributed by atoms with van der Waals surface area (Å²) in [5.74, 6) is -0.320. The Kier molecular flexibility index (Phi) is 2.48. The van der Waals surface area contributed by atoms with Crippen molar-refractivity contribution in [1.82, 2.24) is 5.32 Å². The highest BCUT2D eigenvalue weighted by Gasteiger charge is 2.26. The molecule has 0 saturated heterocycles. The number of benzene rings is 2. The maximum Gasteiger partial charge on any atom is 0.320 e. The van der Waals surface area contributed by atoms with E-state index in [0.29, 0.717) is 5.56 Å². The average molecular weight is 242 g/mol. The quantitative estimate of drug-likeness (QED) is 0.792. The van der Waals surface area contributed by atoms with Crippen molar-refractivity contribution in [1.29, 1.82) is 0 Å². The Hall–Kier alpha value is -2.36. The van der Waals surface area contributed by atoms with Gasteiger partial charge < -0.3 is 10.6 Å². The van der Waals surface area contributed by atoms with Gasteiger partial charge in [0.15, 0.2) is 0 Å². The van der Waals surface area contributed by atoms with Crippen LogP contribution in [0.2, 0.25) is 0 Å². The molecule has 1 heterocycles. The summed E-state index contributed by atoms with van der Waals surface area (Å²) in [5.41, 5.74) is 2.05. The molecule has 1 atom stereocenters. The van der Waals surface area contributed by atoms with Gasteiger partial charge in [0.1, 0.15) is 5.82 Å². The molecule has 4 heteroatoms. The Labute approximate surface area is 104 Å². The highest BCUT2D eigenvalue weighted by Crippen LogP contribution is 2.32. The van der Waals surface area contributed by atoms with Gasteiger partial charge in [-0.3, -0.25) is 0 Å². The van der Waals surface area contributed by atoms with E-state index in [2.05, 4.69) is 10.6 Å². The molecule has 3 rings (SSSR count). The van der Waals surface area contributed by atoms with Gasteiger partial charge in [0.25, 0.3) is 0 Å². The molecule has 2 N–H and O–H groups in total. The van der Waals surface area contributed by atoms with Crippen LogP contribution in [-0.4, -0.2) is 6.03 Å². The number of amides is 2. The van der Waals surface area contributed by atoms with Crippen molar-refractivity contribution >= 4 is 11.7 Å². The van der Waals surface area contributed by atoms with Gasteiger partial charge in [-0.15, -0.1) is 0 Å². The lowest BCUT2D eigenvalue weighted by Gasteiger charge is -2.27. The third-order valence-corrected chi connectivity index (χ3v) is 3.01. The van der Waals surface area contributed by atoms with Crippen LogP contribution in [0.4, 0.5) is 14.9 Å². The largest absolute Gasteiger partial charge is 0.327 e. The average Bonchev–Trinajstić information content (AvgIpc) is 2.38. The van der Waals surface area contributed by atoms with E-state index in [1.165, 1.54) is 6.07 Å². The number of carbonyl (C=O) groups is 1. The number of halogens is 1. The fourth-order valence-electron chi connectivity index (χ4n) is 2.18. The van der Waals surface area contributed by atoms with E-state index in [-0.39, 0.29) is 11.8 Å². The fourth-order valence-corrected chi connectivity index (χ4v) is 2.18. The number of hydrogen-bond acceptors (Lipinski definition) is 1. The number of hydrogen-bond donors (Lipinski definition) is 2. The lowest BCUT2D eigenvalue weighted by Crippen LogP contribution is -2.38. The van der Waals surface area contributed by atoms with Crippen molar-refractivity contribution in [3.63, 3.8) is 0 Å². The third-order valence-electron chi connectivity index (χ3n) is 3.01. The summed E-state index contributed by atoms with van der Waals surface area (Å²) >= 11 is 0. The maximum atomic E-state index is 13.8. The van der Waals surface area contributed by atoms with E-state index in [4.69, 9.17) is 0 Å². The van der Waals surface area contributed by atoms with Gasteiger partial charge in [0, 0.05) is 16.8 Å². The Morgan fingerprint density at radius 3 is 2.39 bits per heavy atom. The lowest BCUT2D eigenvalue weighted by molar-refractivity contribution is 0.249. The second-order valence-electron chi connectivity index (χ2n) is 4.14. The molecule has 1 aliphatic rings. The van der Waals surface area contributed by atoms with E-state index >= 15 is 0 Å². The molecule has 0 fully saturated rings. The molecule has 90 valence electrons. The van der Waals surface area contributed by atoms with E-state index in [0.717, 1.165) is 11.3 Å². The summed E-state index contributed by atoms with van der Waals surface area (Å²) < 4.78 is 13.8. The normalized spacial score (nSPS) is 17.6.